The van der Waals surface area contributed by atoms with E-state index in [1.54, 1.807) is 0 Å². The summed E-state index contributed by atoms with van der Waals surface area (Å²) in [5.74, 6) is 0.233. The Labute approximate surface area is 244 Å². The second kappa shape index (κ2) is 11.8. The Balaban J connectivity index is 0.00000120. The first-order valence-electron chi connectivity index (χ1n) is 11.9. The van der Waals surface area contributed by atoms with Crippen molar-refractivity contribution in [1.82, 2.24) is 0 Å². The van der Waals surface area contributed by atoms with Gasteiger partial charge in [0.2, 0.25) is 0 Å². The van der Waals surface area contributed by atoms with Crippen molar-refractivity contribution >= 4 is 11.1 Å². The number of rotatable bonds is 6. The Bertz CT molecular complexity index is 1370. The van der Waals surface area contributed by atoms with Crippen molar-refractivity contribution in [1.29, 1.82) is 0 Å². The molecular formula is C31H28Cl2O2Zr. The minimum Gasteiger partial charge on any atom is -1.00 e. The molecule has 2 nitrogen and oxygen atoms in total. The van der Waals surface area contributed by atoms with Gasteiger partial charge < -0.3 is 35.0 Å². The van der Waals surface area contributed by atoms with E-state index in [2.05, 4.69) is 97.1 Å². The fraction of sp³-hybridized carbons (Fsp3) is 0.226. The molecule has 3 aromatic carbocycles. The maximum Gasteiger partial charge on any atom is 2.00 e. The molecule has 3 aliphatic carbocycles. The van der Waals surface area contributed by atoms with Crippen molar-refractivity contribution < 1.29 is 61.2 Å². The SMILES string of the molecule is OCCC(CCO)(C1=c2ccccc2=C2C=CC=CC21)C1c2ccccc2-c2ccccc21.[Cl-].[Cl-].[Zr+2]. The molecule has 0 saturated heterocycles. The van der Waals surface area contributed by atoms with Gasteiger partial charge in [-0.15, -0.1) is 0 Å². The summed E-state index contributed by atoms with van der Waals surface area (Å²) < 4.78 is 0. The van der Waals surface area contributed by atoms with E-state index in [0.29, 0.717) is 12.8 Å². The molecule has 1 unspecified atom stereocenters. The fourth-order valence-electron chi connectivity index (χ4n) is 6.75. The van der Waals surface area contributed by atoms with E-state index in [9.17, 15) is 10.2 Å². The van der Waals surface area contributed by atoms with Crippen LogP contribution in [-0.2, 0) is 26.2 Å². The van der Waals surface area contributed by atoms with Crippen molar-refractivity contribution in [3.8, 4) is 11.1 Å². The van der Waals surface area contributed by atoms with Gasteiger partial charge in [0, 0.05) is 30.5 Å². The van der Waals surface area contributed by atoms with E-state index in [0.717, 1.165) is 0 Å². The quantitative estimate of drug-likeness (QED) is 0.358. The van der Waals surface area contributed by atoms with E-state index in [-0.39, 0.29) is 76.1 Å². The van der Waals surface area contributed by atoms with Crippen LogP contribution < -0.4 is 35.3 Å². The number of hydrogen-bond acceptors (Lipinski definition) is 2. The molecule has 2 N–H and O–H groups in total. The number of aliphatic hydroxyl groups is 2. The van der Waals surface area contributed by atoms with Crippen molar-refractivity contribution in [2.45, 2.75) is 18.8 Å². The van der Waals surface area contributed by atoms with Crippen molar-refractivity contribution in [2.24, 2.45) is 11.3 Å². The Morgan fingerprint density at radius 1 is 0.667 bits per heavy atom. The average Bonchev–Trinajstić information content (AvgIpc) is 3.38. The van der Waals surface area contributed by atoms with E-state index < -0.39 is 5.41 Å². The summed E-state index contributed by atoms with van der Waals surface area (Å²) in [6, 6.07) is 26.0. The van der Waals surface area contributed by atoms with E-state index >= 15 is 0 Å². The minimum atomic E-state index is -0.412. The normalized spacial score (nSPS) is 16.8. The summed E-state index contributed by atoms with van der Waals surface area (Å²) in [4.78, 5) is 0. The van der Waals surface area contributed by atoms with Gasteiger partial charge in [-0.25, -0.2) is 0 Å². The van der Waals surface area contributed by atoms with Crippen LogP contribution in [0, 0.1) is 11.3 Å². The summed E-state index contributed by atoms with van der Waals surface area (Å²) in [7, 11) is 0. The summed E-state index contributed by atoms with van der Waals surface area (Å²) in [5.41, 5.74) is 7.39. The topological polar surface area (TPSA) is 40.5 Å². The number of benzene rings is 3. The van der Waals surface area contributed by atoms with Gasteiger partial charge in [0.25, 0.3) is 0 Å². The molecule has 0 radical (unpaired) electrons. The van der Waals surface area contributed by atoms with E-state index in [1.807, 2.05) is 0 Å². The Kier molecular flexibility index (Phi) is 9.42. The molecule has 36 heavy (non-hydrogen) atoms. The number of aliphatic hydroxyl groups excluding tert-OH is 2. The molecule has 0 bridgehead atoms. The predicted molar refractivity (Wildman–Crippen MR) is 134 cm³/mol. The maximum atomic E-state index is 10.5. The monoisotopic (exact) mass is 592 g/mol. The Hall–Kier alpha value is -1.74. The molecule has 0 heterocycles. The van der Waals surface area contributed by atoms with Gasteiger partial charge in [-0.1, -0.05) is 97.1 Å². The third-order valence-electron chi connectivity index (χ3n) is 7.90. The first-order valence-corrected chi connectivity index (χ1v) is 11.9. The van der Waals surface area contributed by atoms with Gasteiger partial charge in [0.15, 0.2) is 0 Å². The number of hydrogen-bond donors (Lipinski definition) is 2. The standard InChI is InChI=1S/C31H28O2.2ClH.Zr/c32-19-17-31(18-20-33,29-25-13-5-1-9-21(25)22-10-2-6-14-26(22)29)30-27-15-7-3-11-23(27)24-12-4-8-16-28(24)30;;;/h1-16,25,30,32-33H,17-20H2;2*1H;/q;;;+2/p-2. The van der Waals surface area contributed by atoms with Crippen LogP contribution in [0.5, 0.6) is 0 Å². The average molecular weight is 595 g/mol. The number of fused-ring (bicyclic) bond motifs is 5. The fourth-order valence-corrected chi connectivity index (χ4v) is 6.75. The van der Waals surface area contributed by atoms with Gasteiger partial charge in [0.05, 0.1) is 0 Å². The second-order valence-electron chi connectivity index (χ2n) is 9.35. The predicted octanol–water partition coefficient (Wildman–Crippen LogP) is -1.69. The molecule has 3 aliphatic rings. The molecule has 0 fully saturated rings. The minimum absolute atomic E-state index is 0. The molecule has 6 rings (SSSR count). The molecule has 0 spiro atoms. The molecule has 1 atom stereocenters. The summed E-state index contributed by atoms with van der Waals surface area (Å²) in [5, 5.41) is 23.4. The number of halogens is 2. The largest absolute Gasteiger partial charge is 2.00 e. The Morgan fingerprint density at radius 3 is 1.78 bits per heavy atom. The number of allylic oxidation sites excluding steroid dienone is 4. The summed E-state index contributed by atoms with van der Waals surface area (Å²) in [6.07, 6.45) is 9.99. The first-order chi connectivity index (χ1) is 16.3. The van der Waals surface area contributed by atoms with Crippen molar-refractivity contribution in [3.05, 3.63) is 119 Å². The first kappa shape index (κ1) is 28.8. The van der Waals surface area contributed by atoms with Crippen LogP contribution in [-0.4, -0.2) is 23.4 Å². The van der Waals surface area contributed by atoms with Crippen LogP contribution in [0.25, 0.3) is 22.3 Å². The molecule has 0 saturated carbocycles. The second-order valence-corrected chi connectivity index (χ2v) is 9.35. The van der Waals surface area contributed by atoms with Gasteiger partial charge >= 0.3 is 26.2 Å². The van der Waals surface area contributed by atoms with Crippen LogP contribution >= 0.6 is 0 Å². The third-order valence-corrected chi connectivity index (χ3v) is 7.90. The zero-order valence-electron chi connectivity index (χ0n) is 19.9. The van der Waals surface area contributed by atoms with Gasteiger partial charge in [-0.05, 0) is 56.7 Å². The van der Waals surface area contributed by atoms with Gasteiger partial charge in [-0.3, -0.25) is 0 Å². The Morgan fingerprint density at radius 2 is 1.19 bits per heavy atom. The maximum absolute atomic E-state index is 10.5. The van der Waals surface area contributed by atoms with Crippen LogP contribution in [0.15, 0.2) is 97.1 Å². The van der Waals surface area contributed by atoms with Crippen molar-refractivity contribution in [3.63, 3.8) is 0 Å². The molecular weight excluding hydrogens is 566 g/mol. The van der Waals surface area contributed by atoms with Crippen LogP contribution in [0.2, 0.25) is 0 Å². The van der Waals surface area contributed by atoms with Crippen LogP contribution in [0.1, 0.15) is 29.9 Å². The van der Waals surface area contributed by atoms with E-state index in [1.165, 1.54) is 43.8 Å². The zero-order chi connectivity index (χ0) is 22.4. The molecule has 182 valence electrons. The molecule has 3 aromatic rings. The van der Waals surface area contributed by atoms with Gasteiger partial charge in [-0.2, -0.15) is 0 Å². The van der Waals surface area contributed by atoms with Crippen molar-refractivity contribution in [2.75, 3.05) is 13.2 Å². The summed E-state index contributed by atoms with van der Waals surface area (Å²) in [6.45, 7) is 0.155. The third kappa shape index (κ3) is 4.24. The smallest absolute Gasteiger partial charge is 1.00 e. The molecule has 0 aliphatic heterocycles. The van der Waals surface area contributed by atoms with Gasteiger partial charge in [0.1, 0.15) is 0 Å². The van der Waals surface area contributed by atoms with Crippen LogP contribution in [0.4, 0.5) is 0 Å². The molecule has 5 heteroatoms. The molecule has 0 aromatic heterocycles. The molecule has 0 amide bonds. The van der Waals surface area contributed by atoms with E-state index in [4.69, 9.17) is 0 Å². The zero-order valence-corrected chi connectivity index (χ0v) is 23.8. The van der Waals surface area contributed by atoms with Crippen LogP contribution in [0.3, 0.4) is 0 Å². The summed E-state index contributed by atoms with van der Waals surface area (Å²) >= 11 is 0.